The molecule has 0 aliphatic heterocycles. The summed E-state index contributed by atoms with van der Waals surface area (Å²) >= 11 is 0. The van der Waals surface area contributed by atoms with Crippen molar-refractivity contribution in [1.82, 2.24) is 20.2 Å². The van der Waals surface area contributed by atoms with E-state index in [0.29, 0.717) is 25.6 Å². The van der Waals surface area contributed by atoms with Gasteiger partial charge in [-0.3, -0.25) is 5.10 Å². The lowest BCUT2D eigenvalue weighted by atomic mass is 10.2. The Bertz CT molecular complexity index is 1320. The molecule has 0 amide bonds. The second-order valence-electron chi connectivity index (χ2n) is 7.41. The van der Waals surface area contributed by atoms with Crippen molar-refractivity contribution in [3.63, 3.8) is 0 Å². The van der Waals surface area contributed by atoms with Gasteiger partial charge in [-0.2, -0.15) is 5.10 Å². The zero-order valence-electron chi connectivity index (χ0n) is 17.8. The molecule has 0 unspecified atom stereocenters. The number of rotatable bonds is 9. The molecule has 5 rings (SSSR count). The number of hydrogen-bond donors (Lipinski definition) is 1. The van der Waals surface area contributed by atoms with Crippen LogP contribution in [0.3, 0.4) is 0 Å². The van der Waals surface area contributed by atoms with Gasteiger partial charge in [-0.25, -0.2) is 9.97 Å². The number of nitrogens with zero attached hydrogens (tertiary/aromatic N) is 3. The summed E-state index contributed by atoms with van der Waals surface area (Å²) in [5, 5.41) is 7.68. The monoisotopic (exact) mass is 438 g/mol. The molecule has 2 heterocycles. The molecule has 0 saturated heterocycles. The molecule has 1 N–H and O–H groups in total. The van der Waals surface area contributed by atoms with Crippen molar-refractivity contribution in [1.29, 1.82) is 0 Å². The van der Waals surface area contributed by atoms with E-state index in [1.807, 2.05) is 78.9 Å². The van der Waals surface area contributed by atoms with Gasteiger partial charge in [0, 0.05) is 11.5 Å². The largest absolute Gasteiger partial charge is 0.489 e. The van der Waals surface area contributed by atoms with E-state index in [0.717, 1.165) is 39.4 Å². The van der Waals surface area contributed by atoms with Crippen LogP contribution in [0.4, 0.5) is 0 Å². The van der Waals surface area contributed by atoms with Crippen LogP contribution in [0.15, 0.2) is 91.3 Å². The van der Waals surface area contributed by atoms with Crippen molar-refractivity contribution in [3.8, 4) is 17.2 Å². The molecular weight excluding hydrogens is 416 g/mol. The van der Waals surface area contributed by atoms with Crippen molar-refractivity contribution in [3.05, 3.63) is 108 Å². The third-order valence-corrected chi connectivity index (χ3v) is 5.02. The highest BCUT2D eigenvalue weighted by Crippen LogP contribution is 2.22. The molecule has 0 aliphatic carbocycles. The van der Waals surface area contributed by atoms with Crippen LogP contribution in [0.5, 0.6) is 17.2 Å². The summed E-state index contributed by atoms with van der Waals surface area (Å²) in [4.78, 5) is 8.68. The van der Waals surface area contributed by atoms with Gasteiger partial charge in [0.1, 0.15) is 43.4 Å². The maximum absolute atomic E-state index is 5.94. The lowest BCUT2D eigenvalue weighted by molar-refractivity contribution is 0.286. The molecule has 2 aromatic heterocycles. The smallest absolute Gasteiger partial charge is 0.162 e. The van der Waals surface area contributed by atoms with E-state index in [9.17, 15) is 0 Å². The molecule has 0 fully saturated rings. The highest BCUT2D eigenvalue weighted by molar-refractivity contribution is 5.78. The van der Waals surface area contributed by atoms with Crippen molar-refractivity contribution >= 4 is 10.9 Å². The summed E-state index contributed by atoms with van der Waals surface area (Å²) in [7, 11) is 0. The highest BCUT2D eigenvalue weighted by Gasteiger charge is 2.03. The summed E-state index contributed by atoms with van der Waals surface area (Å²) in [6.07, 6.45) is 1.46. The van der Waals surface area contributed by atoms with E-state index in [2.05, 4.69) is 26.2 Å². The number of nitrogens with one attached hydrogen (secondary N) is 1. The second kappa shape index (κ2) is 9.82. The van der Waals surface area contributed by atoms with Crippen LogP contribution in [0.25, 0.3) is 10.9 Å². The fraction of sp³-hybridized carbons (Fsp3) is 0.115. The van der Waals surface area contributed by atoms with Crippen LogP contribution in [0, 0.1) is 0 Å². The van der Waals surface area contributed by atoms with E-state index < -0.39 is 0 Å². The lowest BCUT2D eigenvalue weighted by Crippen LogP contribution is -2.00. The first-order chi connectivity index (χ1) is 16.3. The van der Waals surface area contributed by atoms with Crippen molar-refractivity contribution < 1.29 is 14.2 Å². The van der Waals surface area contributed by atoms with E-state index in [1.165, 1.54) is 6.33 Å². The Morgan fingerprint density at radius 2 is 1.45 bits per heavy atom. The molecule has 0 radical (unpaired) electrons. The first-order valence-electron chi connectivity index (χ1n) is 10.6. The third kappa shape index (κ3) is 5.46. The van der Waals surface area contributed by atoms with E-state index in [4.69, 9.17) is 14.2 Å². The van der Waals surface area contributed by atoms with Gasteiger partial charge in [-0.15, -0.1) is 0 Å². The highest BCUT2D eigenvalue weighted by atomic mass is 16.5. The molecule has 0 bridgehead atoms. The zero-order valence-corrected chi connectivity index (χ0v) is 17.8. The number of para-hydroxylation sites is 1. The first kappa shape index (κ1) is 20.5. The molecule has 3 aromatic carbocycles. The van der Waals surface area contributed by atoms with Crippen molar-refractivity contribution in [2.75, 3.05) is 0 Å². The van der Waals surface area contributed by atoms with Gasteiger partial charge >= 0.3 is 0 Å². The molecule has 0 atom stereocenters. The molecule has 164 valence electrons. The van der Waals surface area contributed by atoms with Gasteiger partial charge in [0.25, 0.3) is 0 Å². The van der Waals surface area contributed by atoms with Crippen LogP contribution < -0.4 is 14.2 Å². The Labute approximate surface area is 191 Å². The fourth-order valence-corrected chi connectivity index (χ4v) is 3.30. The third-order valence-electron chi connectivity index (χ3n) is 5.02. The average molecular weight is 438 g/mol. The number of H-pyrrole nitrogens is 1. The lowest BCUT2D eigenvalue weighted by Gasteiger charge is -2.10. The Hall–Kier alpha value is -4.39. The molecule has 33 heavy (non-hydrogen) atoms. The SMILES string of the molecule is c1cc(OCc2ccc(OCc3ncn[nH]3)cc2)cc(OCc2ccc3ccccc3n2)c1. The Morgan fingerprint density at radius 3 is 2.27 bits per heavy atom. The molecule has 5 aromatic rings. The molecular formula is C26H22N4O3. The first-order valence-corrected chi connectivity index (χ1v) is 10.6. The molecule has 0 saturated carbocycles. The van der Waals surface area contributed by atoms with Gasteiger partial charge in [-0.1, -0.05) is 42.5 Å². The number of hydrogen-bond acceptors (Lipinski definition) is 6. The van der Waals surface area contributed by atoms with E-state index in [1.54, 1.807) is 0 Å². The molecule has 0 aliphatic rings. The summed E-state index contributed by atoms with van der Waals surface area (Å²) in [5.41, 5.74) is 2.88. The van der Waals surface area contributed by atoms with Gasteiger partial charge in [0.15, 0.2) is 5.82 Å². The minimum Gasteiger partial charge on any atom is -0.489 e. The Morgan fingerprint density at radius 1 is 0.667 bits per heavy atom. The molecule has 7 heteroatoms. The Balaban J connectivity index is 1.14. The normalized spacial score (nSPS) is 10.8. The van der Waals surface area contributed by atoms with Crippen LogP contribution >= 0.6 is 0 Å². The van der Waals surface area contributed by atoms with Gasteiger partial charge in [0.05, 0.1) is 11.2 Å². The van der Waals surface area contributed by atoms with E-state index >= 15 is 0 Å². The maximum Gasteiger partial charge on any atom is 0.162 e. The van der Waals surface area contributed by atoms with Gasteiger partial charge in [-0.05, 0) is 42.0 Å². The quantitative estimate of drug-likeness (QED) is 0.345. The number of ether oxygens (including phenoxy) is 3. The van der Waals surface area contributed by atoms with Crippen molar-refractivity contribution in [2.24, 2.45) is 0 Å². The minimum atomic E-state index is 0.345. The van der Waals surface area contributed by atoms with Crippen LogP contribution in [0.1, 0.15) is 17.1 Å². The standard InChI is InChI=1S/C26H22N4O3/c1-2-7-25-20(4-1)10-11-21(29-25)16-32-24-6-3-5-23(14-24)31-15-19-8-12-22(13-9-19)33-17-26-27-18-28-30-26/h1-14,18H,15-17H2,(H,27,28,30). The topological polar surface area (TPSA) is 82.2 Å². The van der Waals surface area contributed by atoms with Crippen LogP contribution in [-0.4, -0.2) is 20.2 Å². The maximum atomic E-state index is 5.94. The summed E-state index contributed by atoms with van der Waals surface area (Å²) in [5.74, 6) is 2.91. The predicted molar refractivity (Wildman–Crippen MR) is 124 cm³/mol. The number of aromatic amines is 1. The van der Waals surface area contributed by atoms with Crippen LogP contribution in [0.2, 0.25) is 0 Å². The molecule has 7 nitrogen and oxygen atoms in total. The summed E-state index contributed by atoms with van der Waals surface area (Å²) in [6, 6.07) is 27.5. The number of fused-ring (bicyclic) bond motifs is 1. The average Bonchev–Trinajstić information content (AvgIpc) is 3.40. The van der Waals surface area contributed by atoms with Gasteiger partial charge in [0.2, 0.25) is 0 Å². The summed E-state index contributed by atoms with van der Waals surface area (Å²) in [6.45, 7) is 1.18. The number of aromatic nitrogens is 4. The van der Waals surface area contributed by atoms with Crippen LogP contribution in [-0.2, 0) is 19.8 Å². The molecule has 0 spiro atoms. The van der Waals surface area contributed by atoms with Crippen molar-refractivity contribution in [2.45, 2.75) is 19.8 Å². The number of benzene rings is 3. The predicted octanol–water partition coefficient (Wildman–Crippen LogP) is 5.09. The minimum absolute atomic E-state index is 0.345. The zero-order chi connectivity index (χ0) is 22.3. The number of pyridine rings is 1. The summed E-state index contributed by atoms with van der Waals surface area (Å²) < 4.78 is 17.6. The van der Waals surface area contributed by atoms with Gasteiger partial charge < -0.3 is 14.2 Å². The second-order valence-corrected chi connectivity index (χ2v) is 7.41. The fourth-order valence-electron chi connectivity index (χ4n) is 3.30. The Kier molecular flexibility index (Phi) is 6.11. The van der Waals surface area contributed by atoms with E-state index in [-0.39, 0.29) is 0 Å².